The summed E-state index contributed by atoms with van der Waals surface area (Å²) in [7, 11) is 0. The third-order valence-corrected chi connectivity index (χ3v) is 6.79. The molecule has 0 aromatic carbocycles. The van der Waals surface area contributed by atoms with Gasteiger partial charge in [-0.3, -0.25) is 0 Å². The zero-order valence-corrected chi connectivity index (χ0v) is 23.2. The van der Waals surface area contributed by atoms with Crippen LogP contribution in [0.2, 0.25) is 0 Å². The number of ether oxygens (including phenoxy) is 1. The van der Waals surface area contributed by atoms with Crippen molar-refractivity contribution in [2.45, 2.75) is 145 Å². The van der Waals surface area contributed by atoms with Gasteiger partial charge in [-0.2, -0.15) is 57.1 Å². The lowest BCUT2D eigenvalue weighted by molar-refractivity contribution is -0.440. The van der Waals surface area contributed by atoms with Crippen molar-refractivity contribution in [3.63, 3.8) is 0 Å². The average molecular weight is 643 g/mol. The molecule has 2 nitrogen and oxygen atoms in total. The maximum Gasteiger partial charge on any atom is 0.460 e. The monoisotopic (exact) mass is 642 g/mol. The van der Waals surface area contributed by atoms with Crippen molar-refractivity contribution >= 4 is 5.97 Å². The lowest BCUT2D eigenvalue weighted by Gasteiger charge is -2.39. The minimum atomic E-state index is -7.84. The molecule has 0 aliphatic heterocycles. The number of carbonyl (C=O) groups excluding carboxylic acids is 1. The van der Waals surface area contributed by atoms with E-state index in [1.54, 1.807) is 0 Å². The zero-order chi connectivity index (χ0) is 32.7. The molecule has 15 heteroatoms. The number of hydrogen-bond acceptors (Lipinski definition) is 2. The number of unbranched alkanes of at least 4 members (excludes halogenated alkanes) is 15. The van der Waals surface area contributed by atoms with E-state index in [2.05, 4.69) is 6.58 Å². The maximum atomic E-state index is 13.7. The van der Waals surface area contributed by atoms with Crippen LogP contribution >= 0.6 is 0 Å². The van der Waals surface area contributed by atoms with Crippen LogP contribution in [0, 0.1) is 0 Å². The van der Waals surface area contributed by atoms with Gasteiger partial charge in [0.15, 0.2) is 0 Å². The van der Waals surface area contributed by atoms with Crippen molar-refractivity contribution in [2.24, 2.45) is 0 Å². The van der Waals surface area contributed by atoms with Crippen molar-refractivity contribution < 1.29 is 66.6 Å². The Labute approximate surface area is 237 Å². The van der Waals surface area contributed by atoms with Gasteiger partial charge in [0.25, 0.3) is 0 Å². The number of rotatable bonds is 24. The van der Waals surface area contributed by atoms with Crippen LogP contribution in [0.5, 0.6) is 0 Å². The average Bonchev–Trinajstić information content (AvgIpc) is 2.88. The van der Waals surface area contributed by atoms with Gasteiger partial charge in [-0.15, -0.1) is 0 Å². The van der Waals surface area contributed by atoms with E-state index in [1.807, 2.05) is 0 Å². The SMILES string of the molecule is C=CC(=O)OCCCCCCCCCCCCCCCCCCC(F)(F)C(F)(F)C(F)(F)C(F)(F)C(F)(F)C(F)(F)F. The van der Waals surface area contributed by atoms with Crippen LogP contribution in [0.3, 0.4) is 0 Å². The lowest BCUT2D eigenvalue weighted by Crippen LogP contribution is -2.70. The topological polar surface area (TPSA) is 26.3 Å². The molecule has 0 radical (unpaired) electrons. The summed E-state index contributed by atoms with van der Waals surface area (Å²) >= 11 is 0. The molecule has 0 aliphatic rings. The summed E-state index contributed by atoms with van der Waals surface area (Å²) in [6.45, 7) is 3.69. The molecule has 0 aromatic heterocycles. The first-order chi connectivity index (χ1) is 19.2. The third kappa shape index (κ3) is 11.4. The van der Waals surface area contributed by atoms with Crippen molar-refractivity contribution in [3.8, 4) is 0 Å². The summed E-state index contributed by atoms with van der Waals surface area (Å²) in [4.78, 5) is 10.9. The Hall–Kier alpha value is -1.70. The van der Waals surface area contributed by atoms with Crippen LogP contribution in [-0.4, -0.2) is 48.4 Å². The fourth-order valence-corrected chi connectivity index (χ4v) is 4.11. The highest BCUT2D eigenvalue weighted by molar-refractivity contribution is 5.81. The second-order valence-corrected chi connectivity index (χ2v) is 10.3. The van der Waals surface area contributed by atoms with E-state index in [0.717, 1.165) is 76.7 Å². The number of halogens is 13. The van der Waals surface area contributed by atoms with E-state index in [9.17, 15) is 61.9 Å². The maximum absolute atomic E-state index is 13.7. The van der Waals surface area contributed by atoms with Gasteiger partial charge < -0.3 is 4.74 Å². The molecule has 0 saturated heterocycles. The minimum Gasteiger partial charge on any atom is -0.463 e. The van der Waals surface area contributed by atoms with Gasteiger partial charge >= 0.3 is 41.8 Å². The van der Waals surface area contributed by atoms with Gasteiger partial charge in [0.2, 0.25) is 0 Å². The standard InChI is InChI=1S/C27H39F13O2/c1-2-21(41)42-20-18-16-14-12-10-8-6-4-3-5-7-9-11-13-15-17-19-22(28,29)23(30,31)24(32,33)25(34,35)26(36,37)27(38,39)40/h2H,1,3-20H2. The molecule has 42 heavy (non-hydrogen) atoms. The number of hydrogen-bond donors (Lipinski definition) is 0. The molecule has 0 aromatic rings. The second-order valence-electron chi connectivity index (χ2n) is 10.3. The molecule has 0 unspecified atom stereocenters. The van der Waals surface area contributed by atoms with Crippen LogP contribution in [0.1, 0.15) is 109 Å². The summed E-state index contributed by atoms with van der Waals surface area (Å²) in [6.07, 6.45) is 2.83. The molecule has 0 atom stereocenters. The number of alkyl halides is 13. The van der Waals surface area contributed by atoms with Crippen molar-refractivity contribution in [3.05, 3.63) is 12.7 Å². The van der Waals surface area contributed by atoms with Crippen LogP contribution in [0.4, 0.5) is 57.1 Å². The predicted molar refractivity (Wildman–Crippen MR) is 130 cm³/mol. The Morgan fingerprint density at radius 3 is 1.12 bits per heavy atom. The Bertz CT molecular complexity index is 780. The van der Waals surface area contributed by atoms with Crippen LogP contribution in [-0.2, 0) is 9.53 Å². The van der Waals surface area contributed by atoms with Crippen LogP contribution < -0.4 is 0 Å². The fraction of sp³-hybridized carbons (Fsp3) is 0.889. The highest BCUT2D eigenvalue weighted by Gasteiger charge is 2.90. The molecule has 0 heterocycles. The van der Waals surface area contributed by atoms with Gasteiger partial charge in [-0.1, -0.05) is 96.5 Å². The molecule has 250 valence electrons. The Kier molecular flexibility index (Phi) is 16.8. The van der Waals surface area contributed by atoms with E-state index in [-0.39, 0.29) is 12.8 Å². The van der Waals surface area contributed by atoms with E-state index in [0.29, 0.717) is 19.4 Å². The first-order valence-corrected chi connectivity index (χ1v) is 14.0. The summed E-state index contributed by atoms with van der Waals surface area (Å²) in [6, 6.07) is 0. The van der Waals surface area contributed by atoms with E-state index in [4.69, 9.17) is 4.74 Å². The molecule has 0 bridgehead atoms. The van der Waals surface area contributed by atoms with Crippen LogP contribution in [0.15, 0.2) is 12.7 Å². The number of esters is 1. The van der Waals surface area contributed by atoms with Gasteiger partial charge in [0.05, 0.1) is 6.61 Å². The summed E-state index contributed by atoms with van der Waals surface area (Å²) in [5, 5.41) is 0. The van der Waals surface area contributed by atoms with Crippen molar-refractivity contribution in [1.82, 2.24) is 0 Å². The first kappa shape index (κ1) is 40.3. The molecule has 0 spiro atoms. The second kappa shape index (κ2) is 17.6. The highest BCUT2D eigenvalue weighted by Crippen LogP contribution is 2.60. The molecular formula is C27H39F13O2. The summed E-state index contributed by atoms with van der Waals surface area (Å²) in [5.41, 5.74) is 0. The normalized spacial score (nSPS) is 13.8. The van der Waals surface area contributed by atoms with Gasteiger partial charge in [0.1, 0.15) is 0 Å². The molecule has 0 saturated carbocycles. The molecule has 0 fully saturated rings. The Balaban J connectivity index is 4.10. The third-order valence-electron chi connectivity index (χ3n) is 6.79. The number of carbonyl (C=O) groups is 1. The van der Waals surface area contributed by atoms with Crippen molar-refractivity contribution in [1.29, 1.82) is 0 Å². The minimum absolute atomic E-state index is 0.188. The summed E-state index contributed by atoms with van der Waals surface area (Å²) < 4.78 is 175. The molecule has 0 rings (SSSR count). The lowest BCUT2D eigenvalue weighted by atomic mass is 9.91. The first-order valence-electron chi connectivity index (χ1n) is 14.0. The van der Waals surface area contributed by atoms with E-state index < -0.39 is 54.6 Å². The molecule has 0 amide bonds. The van der Waals surface area contributed by atoms with Gasteiger partial charge in [0, 0.05) is 12.5 Å². The summed E-state index contributed by atoms with van der Waals surface area (Å²) in [5.74, 6) is -36.8. The molecule has 0 aliphatic carbocycles. The van der Waals surface area contributed by atoms with Crippen molar-refractivity contribution in [2.75, 3.05) is 6.61 Å². The Morgan fingerprint density at radius 1 is 0.476 bits per heavy atom. The van der Waals surface area contributed by atoms with Gasteiger partial charge in [-0.05, 0) is 12.8 Å². The largest absolute Gasteiger partial charge is 0.463 e. The fourth-order valence-electron chi connectivity index (χ4n) is 4.11. The smallest absolute Gasteiger partial charge is 0.460 e. The van der Waals surface area contributed by atoms with E-state index in [1.165, 1.54) is 0 Å². The zero-order valence-electron chi connectivity index (χ0n) is 23.2. The molecule has 0 N–H and O–H groups in total. The quantitative estimate of drug-likeness (QED) is 0.0453. The highest BCUT2D eigenvalue weighted by atomic mass is 19.4. The van der Waals surface area contributed by atoms with Crippen LogP contribution in [0.25, 0.3) is 0 Å². The predicted octanol–water partition coefficient (Wildman–Crippen LogP) is 11.1. The van der Waals surface area contributed by atoms with Gasteiger partial charge in [-0.25, -0.2) is 4.79 Å². The molecular weight excluding hydrogens is 603 g/mol. The van der Waals surface area contributed by atoms with E-state index >= 15 is 0 Å². The Morgan fingerprint density at radius 2 is 0.786 bits per heavy atom.